The number of carbonyl (C=O) groups excluding carboxylic acids is 4. The lowest BCUT2D eigenvalue weighted by Crippen LogP contribution is -2.34. The highest BCUT2D eigenvalue weighted by Crippen LogP contribution is 2.34. The van der Waals surface area contributed by atoms with E-state index in [1.165, 1.54) is 30.3 Å². The molecule has 1 saturated heterocycles. The van der Waals surface area contributed by atoms with E-state index in [2.05, 4.69) is 0 Å². The van der Waals surface area contributed by atoms with Crippen LogP contribution in [0.3, 0.4) is 0 Å². The molecule has 0 atom stereocenters. The van der Waals surface area contributed by atoms with E-state index in [9.17, 15) is 24.3 Å². The SMILES string of the molecule is CCOC(=O)CN1C(=O)S/C(=C/c2ccc(-c3cc(C(=O)[O-])ccc3Cl)o2)C1=O. The number of imide groups is 1. The first-order valence-corrected chi connectivity index (χ1v) is 9.51. The summed E-state index contributed by atoms with van der Waals surface area (Å²) in [7, 11) is 0. The Bertz CT molecular complexity index is 1040. The number of aromatic carboxylic acids is 1. The molecule has 0 aliphatic carbocycles. The Labute approximate surface area is 174 Å². The molecule has 1 aromatic heterocycles. The van der Waals surface area contributed by atoms with Gasteiger partial charge in [0.2, 0.25) is 0 Å². The summed E-state index contributed by atoms with van der Waals surface area (Å²) < 4.78 is 10.4. The van der Waals surface area contributed by atoms with Gasteiger partial charge < -0.3 is 19.1 Å². The summed E-state index contributed by atoms with van der Waals surface area (Å²) in [4.78, 5) is 47.9. The summed E-state index contributed by atoms with van der Waals surface area (Å²) in [5, 5.41) is 10.7. The molecule has 0 saturated carbocycles. The number of carboxylic acids is 1. The van der Waals surface area contributed by atoms with E-state index in [4.69, 9.17) is 20.8 Å². The molecule has 150 valence electrons. The van der Waals surface area contributed by atoms with Crippen LogP contribution >= 0.6 is 23.4 Å². The average Bonchev–Trinajstić information content (AvgIpc) is 3.22. The van der Waals surface area contributed by atoms with Crippen molar-refractivity contribution in [2.45, 2.75) is 6.92 Å². The van der Waals surface area contributed by atoms with Crippen molar-refractivity contribution in [1.82, 2.24) is 4.90 Å². The molecule has 8 nitrogen and oxygen atoms in total. The minimum Gasteiger partial charge on any atom is -0.545 e. The number of thioether (sulfide) groups is 1. The van der Waals surface area contributed by atoms with Gasteiger partial charge >= 0.3 is 5.97 Å². The summed E-state index contributed by atoms with van der Waals surface area (Å²) >= 11 is 6.78. The Morgan fingerprint density at radius 1 is 1.28 bits per heavy atom. The van der Waals surface area contributed by atoms with Crippen LogP contribution in [0.15, 0.2) is 39.7 Å². The Balaban J connectivity index is 1.83. The summed E-state index contributed by atoms with van der Waals surface area (Å²) in [6, 6.07) is 7.12. The monoisotopic (exact) mass is 434 g/mol. The molecule has 10 heteroatoms. The van der Waals surface area contributed by atoms with Gasteiger partial charge in [-0.25, -0.2) is 0 Å². The van der Waals surface area contributed by atoms with Gasteiger partial charge in [-0.2, -0.15) is 0 Å². The summed E-state index contributed by atoms with van der Waals surface area (Å²) in [5.41, 5.74) is 0.269. The largest absolute Gasteiger partial charge is 0.545 e. The van der Waals surface area contributed by atoms with Gasteiger partial charge in [-0.3, -0.25) is 19.3 Å². The van der Waals surface area contributed by atoms with Crippen molar-refractivity contribution in [2.24, 2.45) is 0 Å². The van der Waals surface area contributed by atoms with Gasteiger partial charge in [-0.05, 0) is 48.5 Å². The highest BCUT2D eigenvalue weighted by molar-refractivity contribution is 8.18. The minimum atomic E-state index is -1.36. The van der Waals surface area contributed by atoms with Crippen molar-refractivity contribution in [3.05, 3.63) is 51.6 Å². The number of ether oxygens (including phenoxy) is 1. The van der Waals surface area contributed by atoms with E-state index in [-0.39, 0.29) is 33.6 Å². The molecule has 0 radical (unpaired) electrons. The molecular weight excluding hydrogens is 422 g/mol. The second-order valence-corrected chi connectivity index (χ2v) is 7.16. The first-order valence-electron chi connectivity index (χ1n) is 8.32. The molecule has 1 aliphatic heterocycles. The number of furan rings is 1. The van der Waals surface area contributed by atoms with Crippen LogP contribution in [-0.2, 0) is 14.3 Å². The average molecular weight is 435 g/mol. The highest BCUT2D eigenvalue weighted by Gasteiger charge is 2.36. The summed E-state index contributed by atoms with van der Waals surface area (Å²) in [6.45, 7) is 1.29. The molecule has 2 heterocycles. The maximum atomic E-state index is 12.4. The maximum Gasteiger partial charge on any atom is 0.326 e. The topological polar surface area (TPSA) is 117 Å². The molecule has 1 aromatic carbocycles. The molecule has 1 fully saturated rings. The van der Waals surface area contributed by atoms with Crippen molar-refractivity contribution in [2.75, 3.05) is 13.2 Å². The van der Waals surface area contributed by atoms with E-state index in [0.29, 0.717) is 17.3 Å². The smallest absolute Gasteiger partial charge is 0.326 e. The number of halogens is 1. The predicted molar refractivity (Wildman–Crippen MR) is 103 cm³/mol. The summed E-state index contributed by atoms with van der Waals surface area (Å²) in [5.74, 6) is -2.15. The van der Waals surface area contributed by atoms with Crippen LogP contribution in [0.25, 0.3) is 17.4 Å². The zero-order valence-corrected chi connectivity index (χ0v) is 16.5. The number of hydrogen-bond donors (Lipinski definition) is 0. The van der Waals surface area contributed by atoms with Crippen molar-refractivity contribution in [3.8, 4) is 11.3 Å². The fraction of sp³-hybridized carbons (Fsp3) is 0.158. The fourth-order valence-corrected chi connectivity index (χ4v) is 3.55. The van der Waals surface area contributed by atoms with E-state index in [0.717, 1.165) is 4.90 Å². The standard InChI is InChI=1S/C19H14ClNO7S/c1-2-27-16(22)9-21-17(23)15(29-19(21)26)8-11-4-6-14(28-11)12-7-10(18(24)25)3-5-13(12)20/h3-8H,2,9H2,1H3,(H,24,25)/p-1/b15-8+. The van der Waals surface area contributed by atoms with E-state index >= 15 is 0 Å². The van der Waals surface area contributed by atoms with E-state index < -0.39 is 29.6 Å². The van der Waals surface area contributed by atoms with Gasteiger partial charge in [0.05, 0.1) is 22.5 Å². The van der Waals surface area contributed by atoms with Gasteiger partial charge in [0, 0.05) is 11.6 Å². The number of hydrogen-bond acceptors (Lipinski definition) is 8. The lowest BCUT2D eigenvalue weighted by Gasteiger charge is -2.10. The molecule has 29 heavy (non-hydrogen) atoms. The Hall–Kier alpha value is -3.04. The van der Waals surface area contributed by atoms with Gasteiger partial charge in [0.1, 0.15) is 18.1 Å². The molecule has 0 bridgehead atoms. The zero-order valence-electron chi connectivity index (χ0n) is 15.0. The van der Waals surface area contributed by atoms with Crippen LogP contribution in [0.2, 0.25) is 5.02 Å². The normalized spacial score (nSPS) is 15.2. The van der Waals surface area contributed by atoms with Crippen LogP contribution < -0.4 is 5.11 Å². The number of carboxylic acid groups (broad SMARTS) is 1. The molecule has 0 N–H and O–H groups in total. The van der Waals surface area contributed by atoms with Gasteiger partial charge in [0.25, 0.3) is 11.1 Å². The molecule has 2 amide bonds. The third kappa shape index (κ3) is 4.52. The predicted octanol–water partition coefficient (Wildman–Crippen LogP) is 2.56. The number of nitrogens with zero attached hydrogens (tertiary/aromatic N) is 1. The number of carbonyl (C=O) groups is 4. The first kappa shape index (κ1) is 20.7. The second kappa shape index (κ2) is 8.54. The van der Waals surface area contributed by atoms with Crippen LogP contribution in [0.4, 0.5) is 4.79 Å². The van der Waals surface area contributed by atoms with Gasteiger partial charge in [-0.15, -0.1) is 0 Å². The van der Waals surface area contributed by atoms with E-state index in [1.807, 2.05) is 0 Å². The van der Waals surface area contributed by atoms with Gasteiger partial charge in [-0.1, -0.05) is 17.7 Å². The zero-order chi connectivity index (χ0) is 21.1. The molecule has 0 spiro atoms. The quantitative estimate of drug-likeness (QED) is 0.503. The molecular formula is C19H13ClNO7S-. The summed E-state index contributed by atoms with van der Waals surface area (Å²) in [6.07, 6.45) is 1.36. The van der Waals surface area contributed by atoms with Crippen LogP contribution in [0.5, 0.6) is 0 Å². The van der Waals surface area contributed by atoms with Gasteiger partial charge in [0.15, 0.2) is 0 Å². The molecule has 1 aliphatic rings. The number of amides is 2. The van der Waals surface area contributed by atoms with Crippen molar-refractivity contribution in [3.63, 3.8) is 0 Å². The number of benzene rings is 1. The third-order valence-electron chi connectivity index (χ3n) is 3.83. The fourth-order valence-electron chi connectivity index (χ4n) is 2.52. The number of rotatable bonds is 6. The molecule has 0 unspecified atom stereocenters. The first-order chi connectivity index (χ1) is 13.8. The molecule has 3 rings (SSSR count). The van der Waals surface area contributed by atoms with Crippen LogP contribution in [-0.4, -0.2) is 41.1 Å². The lowest BCUT2D eigenvalue weighted by molar-refractivity contribution is -0.255. The van der Waals surface area contributed by atoms with Crippen molar-refractivity contribution < 1.29 is 33.4 Å². The molecule has 2 aromatic rings. The maximum absolute atomic E-state index is 12.4. The van der Waals surface area contributed by atoms with Crippen LogP contribution in [0, 0.1) is 0 Å². The second-order valence-electron chi connectivity index (χ2n) is 5.76. The minimum absolute atomic E-state index is 0.0672. The van der Waals surface area contributed by atoms with Crippen molar-refractivity contribution in [1.29, 1.82) is 0 Å². The lowest BCUT2D eigenvalue weighted by atomic mass is 10.1. The van der Waals surface area contributed by atoms with Crippen molar-refractivity contribution >= 4 is 52.5 Å². The Morgan fingerprint density at radius 2 is 2.03 bits per heavy atom. The third-order valence-corrected chi connectivity index (χ3v) is 5.07. The number of esters is 1. The Morgan fingerprint density at radius 3 is 2.72 bits per heavy atom. The van der Waals surface area contributed by atoms with E-state index in [1.54, 1.807) is 13.0 Å². The van der Waals surface area contributed by atoms with Crippen LogP contribution in [0.1, 0.15) is 23.0 Å². The highest BCUT2D eigenvalue weighted by atomic mass is 35.5. The Kier molecular flexibility index (Phi) is 6.09.